The van der Waals surface area contributed by atoms with Gasteiger partial charge in [-0.15, -0.1) is 11.3 Å². The lowest BCUT2D eigenvalue weighted by atomic mass is 9.98. The van der Waals surface area contributed by atoms with E-state index in [0.717, 1.165) is 10.9 Å². The van der Waals surface area contributed by atoms with E-state index in [-0.39, 0.29) is 0 Å². The molecule has 3 rings (SSSR count). The number of rotatable bonds is 3. The molecule has 1 N–H and O–H groups in total. The van der Waals surface area contributed by atoms with Crippen LogP contribution in [-0.2, 0) is 6.42 Å². The predicted molar refractivity (Wildman–Crippen MR) is 76.9 cm³/mol. The second kappa shape index (κ2) is 4.92. The Morgan fingerprint density at radius 2 is 1.78 bits per heavy atom. The summed E-state index contributed by atoms with van der Waals surface area (Å²) in [7, 11) is 0. The van der Waals surface area contributed by atoms with Crippen LogP contribution in [0.3, 0.4) is 0 Å². The van der Waals surface area contributed by atoms with E-state index in [2.05, 4.69) is 24.3 Å². The average molecular weight is 254 g/mol. The molecule has 0 aliphatic rings. The van der Waals surface area contributed by atoms with E-state index in [1.54, 1.807) is 11.3 Å². The highest BCUT2D eigenvalue weighted by Gasteiger charge is 2.12. The standard InChI is InChI=1S/C16H14OS/c17-16(11-13-7-4-10-18-13)15-9-3-6-12-5-1-2-8-14(12)15/h1-10,16-17H,11H2. The Kier molecular flexibility index (Phi) is 3.13. The van der Waals surface area contributed by atoms with Crippen molar-refractivity contribution in [1.82, 2.24) is 0 Å². The van der Waals surface area contributed by atoms with E-state index in [4.69, 9.17) is 0 Å². The summed E-state index contributed by atoms with van der Waals surface area (Å²) in [5, 5.41) is 14.8. The van der Waals surface area contributed by atoms with Crippen molar-refractivity contribution in [2.45, 2.75) is 12.5 Å². The third kappa shape index (κ3) is 2.17. The Bertz CT molecular complexity index is 638. The molecule has 1 heterocycles. The molecule has 90 valence electrons. The van der Waals surface area contributed by atoms with Gasteiger partial charge in [-0.25, -0.2) is 0 Å². The number of aliphatic hydroxyl groups is 1. The number of benzene rings is 2. The van der Waals surface area contributed by atoms with Gasteiger partial charge in [0.1, 0.15) is 0 Å². The first-order valence-corrected chi connectivity index (χ1v) is 6.90. The molecule has 1 nitrogen and oxygen atoms in total. The molecular weight excluding hydrogens is 240 g/mol. The highest BCUT2D eigenvalue weighted by Crippen LogP contribution is 2.27. The van der Waals surface area contributed by atoms with Crippen molar-refractivity contribution in [3.8, 4) is 0 Å². The fourth-order valence-corrected chi connectivity index (χ4v) is 3.01. The SMILES string of the molecule is OC(Cc1cccs1)c1cccc2ccccc12. The Morgan fingerprint density at radius 1 is 0.944 bits per heavy atom. The molecule has 0 aliphatic carbocycles. The van der Waals surface area contributed by atoms with Crippen LogP contribution in [0.5, 0.6) is 0 Å². The number of thiophene rings is 1. The summed E-state index contributed by atoms with van der Waals surface area (Å²) >= 11 is 1.69. The molecule has 0 saturated carbocycles. The zero-order valence-electron chi connectivity index (χ0n) is 9.91. The van der Waals surface area contributed by atoms with Gasteiger partial charge in [-0.1, -0.05) is 48.5 Å². The van der Waals surface area contributed by atoms with Crippen LogP contribution < -0.4 is 0 Å². The predicted octanol–water partition coefficient (Wildman–Crippen LogP) is 4.18. The molecule has 0 amide bonds. The minimum absolute atomic E-state index is 0.435. The number of hydrogen-bond acceptors (Lipinski definition) is 2. The van der Waals surface area contributed by atoms with Crippen LogP contribution in [0.2, 0.25) is 0 Å². The molecule has 0 radical (unpaired) electrons. The first-order valence-electron chi connectivity index (χ1n) is 6.03. The van der Waals surface area contributed by atoms with Gasteiger partial charge in [0.05, 0.1) is 6.10 Å². The van der Waals surface area contributed by atoms with Crippen LogP contribution in [0.25, 0.3) is 10.8 Å². The van der Waals surface area contributed by atoms with Gasteiger partial charge >= 0.3 is 0 Å². The monoisotopic (exact) mass is 254 g/mol. The summed E-state index contributed by atoms with van der Waals surface area (Å²) in [5.74, 6) is 0. The molecule has 0 bridgehead atoms. The number of hydrogen-bond donors (Lipinski definition) is 1. The minimum atomic E-state index is -0.435. The normalized spacial score (nSPS) is 12.7. The van der Waals surface area contributed by atoms with Crippen LogP contribution in [-0.4, -0.2) is 5.11 Å². The lowest BCUT2D eigenvalue weighted by molar-refractivity contribution is 0.181. The van der Waals surface area contributed by atoms with E-state index in [1.807, 2.05) is 35.7 Å². The van der Waals surface area contributed by atoms with Crippen molar-refractivity contribution in [1.29, 1.82) is 0 Å². The fraction of sp³-hybridized carbons (Fsp3) is 0.125. The molecule has 0 fully saturated rings. The molecule has 2 aromatic carbocycles. The minimum Gasteiger partial charge on any atom is -0.388 e. The molecule has 2 heteroatoms. The molecule has 18 heavy (non-hydrogen) atoms. The van der Waals surface area contributed by atoms with E-state index >= 15 is 0 Å². The highest BCUT2D eigenvalue weighted by molar-refractivity contribution is 7.09. The van der Waals surface area contributed by atoms with Gasteiger partial charge in [-0.2, -0.15) is 0 Å². The Balaban J connectivity index is 1.98. The largest absolute Gasteiger partial charge is 0.388 e. The van der Waals surface area contributed by atoms with E-state index in [9.17, 15) is 5.11 Å². The second-order valence-corrected chi connectivity index (χ2v) is 5.40. The van der Waals surface area contributed by atoms with Crippen LogP contribution >= 0.6 is 11.3 Å². The van der Waals surface area contributed by atoms with Crippen LogP contribution in [0.15, 0.2) is 60.0 Å². The van der Waals surface area contributed by atoms with E-state index in [1.165, 1.54) is 10.3 Å². The summed E-state index contributed by atoms with van der Waals surface area (Å²) in [4.78, 5) is 1.22. The quantitative estimate of drug-likeness (QED) is 0.743. The Morgan fingerprint density at radius 3 is 2.61 bits per heavy atom. The smallest absolute Gasteiger partial charge is 0.0844 e. The average Bonchev–Trinajstić information content (AvgIpc) is 2.91. The van der Waals surface area contributed by atoms with Crippen LogP contribution in [0, 0.1) is 0 Å². The third-order valence-electron chi connectivity index (χ3n) is 3.16. The molecule has 0 spiro atoms. The zero-order valence-corrected chi connectivity index (χ0v) is 10.7. The van der Waals surface area contributed by atoms with Crippen LogP contribution in [0.4, 0.5) is 0 Å². The van der Waals surface area contributed by atoms with Gasteiger partial charge in [0.15, 0.2) is 0 Å². The Hall–Kier alpha value is -1.64. The molecule has 1 aromatic heterocycles. The summed E-state index contributed by atoms with van der Waals surface area (Å²) < 4.78 is 0. The van der Waals surface area contributed by atoms with Gasteiger partial charge in [-0.05, 0) is 27.8 Å². The van der Waals surface area contributed by atoms with Gasteiger partial charge in [0.25, 0.3) is 0 Å². The molecule has 0 aliphatic heterocycles. The maximum Gasteiger partial charge on any atom is 0.0844 e. The lowest BCUT2D eigenvalue weighted by Crippen LogP contribution is -2.01. The molecule has 3 aromatic rings. The number of fused-ring (bicyclic) bond motifs is 1. The summed E-state index contributed by atoms with van der Waals surface area (Å²) in [6, 6.07) is 18.4. The van der Waals surface area contributed by atoms with Gasteiger partial charge < -0.3 is 5.11 Å². The summed E-state index contributed by atoms with van der Waals surface area (Å²) in [6.07, 6.45) is 0.251. The molecule has 0 saturated heterocycles. The first-order chi connectivity index (χ1) is 8.84. The van der Waals surface area contributed by atoms with Gasteiger partial charge in [0, 0.05) is 11.3 Å². The van der Waals surface area contributed by atoms with Crippen LogP contribution in [0.1, 0.15) is 16.5 Å². The molecule has 1 atom stereocenters. The van der Waals surface area contributed by atoms with Crippen molar-refractivity contribution < 1.29 is 5.11 Å². The zero-order chi connectivity index (χ0) is 12.4. The van der Waals surface area contributed by atoms with E-state index in [0.29, 0.717) is 6.42 Å². The van der Waals surface area contributed by atoms with Crippen molar-refractivity contribution in [2.75, 3.05) is 0 Å². The maximum absolute atomic E-state index is 10.4. The van der Waals surface area contributed by atoms with Crippen molar-refractivity contribution in [3.05, 3.63) is 70.4 Å². The van der Waals surface area contributed by atoms with Crippen molar-refractivity contribution in [3.63, 3.8) is 0 Å². The first kappa shape index (κ1) is 11.5. The van der Waals surface area contributed by atoms with Gasteiger partial charge in [-0.3, -0.25) is 0 Å². The molecule has 1 unspecified atom stereocenters. The molecular formula is C16H14OS. The highest BCUT2D eigenvalue weighted by atomic mass is 32.1. The summed E-state index contributed by atoms with van der Waals surface area (Å²) in [5.41, 5.74) is 1.02. The summed E-state index contributed by atoms with van der Waals surface area (Å²) in [6.45, 7) is 0. The third-order valence-corrected chi connectivity index (χ3v) is 4.06. The van der Waals surface area contributed by atoms with Crippen molar-refractivity contribution in [2.24, 2.45) is 0 Å². The van der Waals surface area contributed by atoms with Gasteiger partial charge in [0.2, 0.25) is 0 Å². The fourth-order valence-electron chi connectivity index (χ4n) is 2.27. The topological polar surface area (TPSA) is 20.2 Å². The number of aliphatic hydroxyl groups excluding tert-OH is 1. The Labute approximate surface area is 110 Å². The maximum atomic E-state index is 10.4. The lowest BCUT2D eigenvalue weighted by Gasteiger charge is -2.12. The second-order valence-electron chi connectivity index (χ2n) is 4.37. The van der Waals surface area contributed by atoms with Crippen molar-refractivity contribution >= 4 is 22.1 Å². The van der Waals surface area contributed by atoms with E-state index < -0.39 is 6.10 Å².